The van der Waals surface area contributed by atoms with E-state index in [9.17, 15) is 19.2 Å². The molecule has 2 N–H and O–H groups in total. The number of rotatable bonds is 6. The molecule has 10 heteroatoms. The number of carboxylic acids is 1. The molecule has 8 nitrogen and oxygen atoms in total. The Kier molecular flexibility index (Phi) is 6.65. The molecule has 1 saturated heterocycles. The Bertz CT molecular complexity index is 1300. The van der Waals surface area contributed by atoms with E-state index in [1.54, 1.807) is 36.4 Å². The number of nitrogens with one attached hydrogen (secondary N) is 1. The SMILES string of the molecule is O=C(CN1C(=O)S/C(=C/c2ccc(-c3cccc(C(=O)O)c3)o2)C1=O)Nc1ccc(I)cc1. The molecule has 3 amide bonds. The fourth-order valence-electron chi connectivity index (χ4n) is 3.03. The molecule has 1 aromatic heterocycles. The van der Waals surface area contributed by atoms with Crippen LogP contribution in [-0.2, 0) is 9.59 Å². The number of hydrogen-bond acceptors (Lipinski definition) is 6. The van der Waals surface area contributed by atoms with Gasteiger partial charge < -0.3 is 14.8 Å². The molecule has 0 radical (unpaired) electrons. The van der Waals surface area contributed by atoms with Crippen molar-refractivity contribution in [2.45, 2.75) is 0 Å². The molecule has 1 aliphatic heterocycles. The number of halogens is 1. The molecule has 0 bridgehead atoms. The minimum absolute atomic E-state index is 0.120. The molecule has 0 saturated carbocycles. The van der Waals surface area contributed by atoms with E-state index in [1.165, 1.54) is 18.2 Å². The van der Waals surface area contributed by atoms with Crippen molar-refractivity contribution in [2.75, 3.05) is 11.9 Å². The van der Waals surface area contributed by atoms with Crippen LogP contribution in [0.3, 0.4) is 0 Å². The summed E-state index contributed by atoms with van der Waals surface area (Å²) in [6.07, 6.45) is 1.42. The quantitative estimate of drug-likeness (QED) is 0.317. The number of furan rings is 1. The van der Waals surface area contributed by atoms with Gasteiger partial charge in [-0.05, 0) is 82.9 Å². The summed E-state index contributed by atoms with van der Waals surface area (Å²) in [5.74, 6) is -1.39. The zero-order valence-corrected chi connectivity index (χ0v) is 19.8. The number of benzene rings is 2. The van der Waals surface area contributed by atoms with Gasteiger partial charge in [0.15, 0.2) is 0 Å². The highest BCUT2D eigenvalue weighted by atomic mass is 127. The van der Waals surface area contributed by atoms with Crippen molar-refractivity contribution >= 4 is 69.1 Å². The fourth-order valence-corrected chi connectivity index (χ4v) is 4.21. The molecule has 1 fully saturated rings. The standard InChI is InChI=1S/C23H15IN2O6S/c24-15-4-6-16(7-5-15)25-20(27)12-26-21(28)19(33-23(26)31)11-17-8-9-18(32-17)13-2-1-3-14(10-13)22(29)30/h1-11H,12H2,(H,25,27)(H,29,30)/b19-11+. The second-order valence-electron chi connectivity index (χ2n) is 6.91. The van der Waals surface area contributed by atoms with Crippen molar-refractivity contribution in [1.29, 1.82) is 0 Å². The predicted molar refractivity (Wildman–Crippen MR) is 132 cm³/mol. The number of aromatic carboxylic acids is 1. The van der Waals surface area contributed by atoms with Gasteiger partial charge in [0.25, 0.3) is 11.1 Å². The highest BCUT2D eigenvalue weighted by Gasteiger charge is 2.36. The summed E-state index contributed by atoms with van der Waals surface area (Å²) < 4.78 is 6.72. The van der Waals surface area contributed by atoms with Gasteiger partial charge in [0.1, 0.15) is 18.1 Å². The average molecular weight is 574 g/mol. The maximum Gasteiger partial charge on any atom is 0.335 e. The molecular formula is C23H15IN2O6S. The van der Waals surface area contributed by atoms with Crippen molar-refractivity contribution in [3.05, 3.63) is 80.5 Å². The van der Waals surface area contributed by atoms with Gasteiger partial charge >= 0.3 is 5.97 Å². The van der Waals surface area contributed by atoms with Gasteiger partial charge in [-0.3, -0.25) is 19.3 Å². The highest BCUT2D eigenvalue weighted by molar-refractivity contribution is 14.1. The lowest BCUT2D eigenvalue weighted by atomic mass is 10.1. The number of nitrogens with zero attached hydrogens (tertiary/aromatic N) is 1. The third-order valence-electron chi connectivity index (χ3n) is 4.60. The maximum absolute atomic E-state index is 12.7. The first-order valence-electron chi connectivity index (χ1n) is 9.54. The second-order valence-corrected chi connectivity index (χ2v) is 9.15. The molecule has 0 aliphatic carbocycles. The number of anilines is 1. The van der Waals surface area contributed by atoms with Crippen LogP contribution in [0.5, 0.6) is 0 Å². The van der Waals surface area contributed by atoms with Crippen molar-refractivity contribution in [3.8, 4) is 11.3 Å². The molecule has 33 heavy (non-hydrogen) atoms. The summed E-state index contributed by atoms with van der Waals surface area (Å²) in [7, 11) is 0. The molecular weight excluding hydrogens is 559 g/mol. The van der Waals surface area contributed by atoms with Crippen LogP contribution in [0, 0.1) is 3.57 Å². The molecule has 0 unspecified atom stereocenters. The number of imide groups is 1. The number of carbonyl (C=O) groups excluding carboxylic acids is 3. The van der Waals surface area contributed by atoms with Crippen molar-refractivity contribution in [2.24, 2.45) is 0 Å². The van der Waals surface area contributed by atoms with Crippen LogP contribution in [0.2, 0.25) is 0 Å². The van der Waals surface area contributed by atoms with E-state index >= 15 is 0 Å². The molecule has 2 heterocycles. The van der Waals surface area contributed by atoms with Gasteiger partial charge in [-0.25, -0.2) is 4.79 Å². The molecule has 1 aliphatic rings. The summed E-state index contributed by atoms with van der Waals surface area (Å²) >= 11 is 2.86. The van der Waals surface area contributed by atoms with Gasteiger partial charge in [0.2, 0.25) is 5.91 Å². The largest absolute Gasteiger partial charge is 0.478 e. The summed E-state index contributed by atoms with van der Waals surface area (Å²) in [6.45, 7) is -0.403. The van der Waals surface area contributed by atoms with Gasteiger partial charge in [0, 0.05) is 20.9 Å². The third-order valence-corrected chi connectivity index (χ3v) is 6.22. The Morgan fingerprint density at radius 2 is 1.85 bits per heavy atom. The summed E-state index contributed by atoms with van der Waals surface area (Å²) in [4.78, 5) is 49.4. The van der Waals surface area contributed by atoms with Crippen LogP contribution in [0.25, 0.3) is 17.4 Å². The van der Waals surface area contributed by atoms with Gasteiger partial charge in [-0.1, -0.05) is 12.1 Å². The molecule has 4 rings (SSSR count). The van der Waals surface area contributed by atoms with Gasteiger partial charge in [0.05, 0.1) is 10.5 Å². The monoisotopic (exact) mass is 574 g/mol. The summed E-state index contributed by atoms with van der Waals surface area (Å²) in [6, 6.07) is 16.6. The summed E-state index contributed by atoms with van der Waals surface area (Å²) in [5.41, 5.74) is 1.25. The first kappa shape index (κ1) is 22.8. The van der Waals surface area contributed by atoms with Crippen LogP contribution in [0.4, 0.5) is 10.5 Å². The summed E-state index contributed by atoms with van der Waals surface area (Å²) in [5, 5.41) is 11.2. The number of carboxylic acid groups (broad SMARTS) is 1. The van der Waals surface area contributed by atoms with E-state index in [2.05, 4.69) is 27.9 Å². The smallest absolute Gasteiger partial charge is 0.335 e. The van der Waals surface area contributed by atoms with Crippen molar-refractivity contribution in [3.63, 3.8) is 0 Å². The number of amides is 3. The Morgan fingerprint density at radius 3 is 2.58 bits per heavy atom. The van der Waals surface area contributed by atoms with E-state index in [4.69, 9.17) is 9.52 Å². The molecule has 2 aromatic carbocycles. The van der Waals surface area contributed by atoms with Crippen LogP contribution < -0.4 is 5.32 Å². The zero-order valence-electron chi connectivity index (χ0n) is 16.8. The van der Waals surface area contributed by atoms with E-state index in [0.29, 0.717) is 22.8 Å². The third kappa shape index (κ3) is 5.34. The van der Waals surface area contributed by atoms with E-state index in [-0.39, 0.29) is 10.5 Å². The van der Waals surface area contributed by atoms with Crippen molar-refractivity contribution in [1.82, 2.24) is 4.90 Å². The lowest BCUT2D eigenvalue weighted by Gasteiger charge is -2.12. The predicted octanol–water partition coefficient (Wildman–Crippen LogP) is 4.92. The van der Waals surface area contributed by atoms with Crippen LogP contribution in [-0.4, -0.2) is 39.6 Å². The van der Waals surface area contributed by atoms with Gasteiger partial charge in [-0.2, -0.15) is 0 Å². The minimum Gasteiger partial charge on any atom is -0.478 e. The first-order chi connectivity index (χ1) is 15.8. The zero-order chi connectivity index (χ0) is 23.5. The van der Waals surface area contributed by atoms with E-state index < -0.39 is 29.6 Å². The Labute approximate surface area is 205 Å². The molecule has 0 atom stereocenters. The first-order valence-corrected chi connectivity index (χ1v) is 11.4. The van der Waals surface area contributed by atoms with Crippen LogP contribution in [0.1, 0.15) is 16.1 Å². The normalized spacial score (nSPS) is 14.7. The molecule has 166 valence electrons. The van der Waals surface area contributed by atoms with E-state index in [0.717, 1.165) is 20.2 Å². The molecule has 0 spiro atoms. The van der Waals surface area contributed by atoms with Crippen molar-refractivity contribution < 1.29 is 28.7 Å². The lowest BCUT2D eigenvalue weighted by molar-refractivity contribution is -0.127. The van der Waals surface area contributed by atoms with Crippen LogP contribution >= 0.6 is 34.4 Å². The minimum atomic E-state index is -1.05. The number of carbonyl (C=O) groups is 4. The number of thioether (sulfide) groups is 1. The Balaban J connectivity index is 1.45. The highest BCUT2D eigenvalue weighted by Crippen LogP contribution is 2.33. The Morgan fingerprint density at radius 1 is 1.09 bits per heavy atom. The molecule has 3 aromatic rings. The van der Waals surface area contributed by atoms with Gasteiger partial charge in [-0.15, -0.1) is 0 Å². The fraction of sp³-hybridized carbons (Fsp3) is 0.0435. The topological polar surface area (TPSA) is 117 Å². The second kappa shape index (κ2) is 9.63. The average Bonchev–Trinajstić information content (AvgIpc) is 3.36. The Hall–Kier alpha value is -3.38. The number of hydrogen-bond donors (Lipinski definition) is 2. The van der Waals surface area contributed by atoms with Crippen LogP contribution in [0.15, 0.2) is 70.0 Å². The van der Waals surface area contributed by atoms with E-state index in [1.807, 2.05) is 12.1 Å². The maximum atomic E-state index is 12.7. The lowest BCUT2D eigenvalue weighted by Crippen LogP contribution is -2.36.